The number of hydrogen-bond acceptors (Lipinski definition) is 5. The van der Waals surface area contributed by atoms with Crippen molar-refractivity contribution in [2.75, 3.05) is 59.5 Å². The van der Waals surface area contributed by atoms with Crippen LogP contribution in [-0.4, -0.2) is 93.0 Å². The number of amides is 2. The molecule has 2 heterocycles. The summed E-state index contributed by atoms with van der Waals surface area (Å²) in [6, 6.07) is 15.3. The quantitative estimate of drug-likeness (QED) is 0.585. The minimum Gasteiger partial charge on any atom is -0.378 e. The normalized spacial score (nSPS) is 17.7. The van der Waals surface area contributed by atoms with E-state index in [1.165, 1.54) is 4.31 Å². The Bertz CT molecular complexity index is 1110. The summed E-state index contributed by atoms with van der Waals surface area (Å²) >= 11 is 0. The maximum absolute atomic E-state index is 13.3. The SMILES string of the molecule is CCc1ccccc1CN(C)S(=O)(=O)c1cccc(CN2CCN(C(=O)N3CCOCC3)CC2)c1. The maximum Gasteiger partial charge on any atom is 0.320 e. The van der Waals surface area contributed by atoms with Crippen molar-refractivity contribution < 1.29 is 17.9 Å². The zero-order valence-corrected chi connectivity index (χ0v) is 21.5. The van der Waals surface area contributed by atoms with Crippen LogP contribution in [0.5, 0.6) is 0 Å². The molecule has 9 heteroatoms. The van der Waals surface area contributed by atoms with Gasteiger partial charge in [-0.1, -0.05) is 43.3 Å². The molecular weight excluding hydrogens is 464 g/mol. The molecule has 2 aromatic rings. The molecule has 2 amide bonds. The fourth-order valence-corrected chi connectivity index (χ4v) is 5.90. The average molecular weight is 501 g/mol. The third-order valence-electron chi connectivity index (χ3n) is 6.83. The van der Waals surface area contributed by atoms with Crippen molar-refractivity contribution >= 4 is 16.1 Å². The fraction of sp³-hybridized carbons (Fsp3) is 0.500. The molecule has 4 rings (SSSR count). The molecule has 0 aliphatic carbocycles. The molecule has 2 aromatic carbocycles. The van der Waals surface area contributed by atoms with Gasteiger partial charge >= 0.3 is 6.03 Å². The molecule has 0 aromatic heterocycles. The van der Waals surface area contributed by atoms with E-state index >= 15 is 0 Å². The number of rotatable bonds is 7. The average Bonchev–Trinajstić information content (AvgIpc) is 2.89. The zero-order valence-electron chi connectivity index (χ0n) is 20.7. The Kier molecular flexibility index (Phi) is 8.43. The lowest BCUT2D eigenvalue weighted by molar-refractivity contribution is 0.0373. The summed E-state index contributed by atoms with van der Waals surface area (Å²) in [4.78, 5) is 19.1. The molecule has 35 heavy (non-hydrogen) atoms. The number of piperazine rings is 1. The molecule has 0 unspecified atom stereocenters. The number of morpholine rings is 1. The van der Waals surface area contributed by atoms with Gasteiger partial charge in [-0.05, 0) is 35.2 Å². The molecule has 0 atom stereocenters. The van der Waals surface area contributed by atoms with Crippen molar-refractivity contribution in [3.63, 3.8) is 0 Å². The van der Waals surface area contributed by atoms with E-state index in [1.54, 1.807) is 19.2 Å². The Labute approximate surface area is 209 Å². The lowest BCUT2D eigenvalue weighted by Crippen LogP contribution is -2.54. The summed E-state index contributed by atoms with van der Waals surface area (Å²) in [6.07, 6.45) is 0.866. The molecule has 2 fully saturated rings. The van der Waals surface area contributed by atoms with Crippen LogP contribution in [0.15, 0.2) is 53.4 Å². The number of sulfonamides is 1. The van der Waals surface area contributed by atoms with Crippen molar-refractivity contribution in [2.45, 2.75) is 31.3 Å². The van der Waals surface area contributed by atoms with E-state index in [-0.39, 0.29) is 6.03 Å². The Morgan fingerprint density at radius 2 is 1.57 bits per heavy atom. The molecule has 0 spiro atoms. The van der Waals surface area contributed by atoms with Crippen LogP contribution >= 0.6 is 0 Å². The number of hydrogen-bond donors (Lipinski definition) is 0. The van der Waals surface area contributed by atoms with Gasteiger partial charge in [0.05, 0.1) is 18.1 Å². The van der Waals surface area contributed by atoms with Gasteiger partial charge in [-0.15, -0.1) is 0 Å². The summed E-state index contributed by atoms with van der Waals surface area (Å²) in [5, 5.41) is 0. The van der Waals surface area contributed by atoms with Gasteiger partial charge in [0.15, 0.2) is 0 Å². The van der Waals surface area contributed by atoms with E-state index in [4.69, 9.17) is 4.74 Å². The van der Waals surface area contributed by atoms with Crippen LogP contribution in [0.25, 0.3) is 0 Å². The van der Waals surface area contributed by atoms with Gasteiger partial charge in [0.25, 0.3) is 0 Å². The molecule has 2 saturated heterocycles. The first-order valence-corrected chi connectivity index (χ1v) is 13.8. The summed E-state index contributed by atoms with van der Waals surface area (Å²) in [5.41, 5.74) is 3.15. The van der Waals surface area contributed by atoms with E-state index in [2.05, 4.69) is 11.8 Å². The highest BCUT2D eigenvalue weighted by Crippen LogP contribution is 2.21. The highest BCUT2D eigenvalue weighted by molar-refractivity contribution is 7.89. The Morgan fingerprint density at radius 3 is 2.26 bits per heavy atom. The molecule has 0 bridgehead atoms. The molecule has 2 aliphatic heterocycles. The van der Waals surface area contributed by atoms with Crippen molar-refractivity contribution in [1.82, 2.24) is 19.0 Å². The van der Waals surface area contributed by atoms with Crippen molar-refractivity contribution in [3.8, 4) is 0 Å². The lowest BCUT2D eigenvalue weighted by atomic mass is 10.1. The predicted octanol–water partition coefficient (Wildman–Crippen LogP) is 2.64. The number of carbonyl (C=O) groups excluding carboxylic acids is 1. The van der Waals surface area contributed by atoms with Gasteiger partial charge in [-0.3, -0.25) is 4.90 Å². The molecule has 0 saturated carbocycles. The van der Waals surface area contributed by atoms with E-state index in [0.29, 0.717) is 57.4 Å². The van der Waals surface area contributed by atoms with Crippen molar-refractivity contribution in [3.05, 3.63) is 65.2 Å². The highest BCUT2D eigenvalue weighted by atomic mass is 32.2. The van der Waals surface area contributed by atoms with Crippen LogP contribution in [0, 0.1) is 0 Å². The molecule has 0 radical (unpaired) electrons. The molecule has 8 nitrogen and oxygen atoms in total. The number of ether oxygens (including phenoxy) is 1. The zero-order chi connectivity index (χ0) is 24.8. The van der Waals surface area contributed by atoms with Gasteiger partial charge in [0, 0.05) is 59.4 Å². The number of nitrogens with zero attached hydrogens (tertiary/aromatic N) is 4. The van der Waals surface area contributed by atoms with E-state index in [9.17, 15) is 13.2 Å². The largest absolute Gasteiger partial charge is 0.378 e. The first-order valence-electron chi connectivity index (χ1n) is 12.3. The number of benzene rings is 2. The minimum atomic E-state index is -3.61. The highest BCUT2D eigenvalue weighted by Gasteiger charge is 2.27. The maximum atomic E-state index is 13.3. The molecule has 190 valence electrons. The Morgan fingerprint density at radius 1 is 0.914 bits per heavy atom. The second kappa shape index (κ2) is 11.5. The third kappa shape index (κ3) is 6.22. The third-order valence-corrected chi connectivity index (χ3v) is 8.63. The molecule has 0 N–H and O–H groups in total. The van der Waals surface area contributed by atoms with Crippen molar-refractivity contribution in [2.24, 2.45) is 0 Å². The number of urea groups is 1. The van der Waals surface area contributed by atoms with Crippen LogP contribution in [0.3, 0.4) is 0 Å². The van der Waals surface area contributed by atoms with Crippen LogP contribution in [0.2, 0.25) is 0 Å². The smallest absolute Gasteiger partial charge is 0.320 e. The van der Waals surface area contributed by atoms with Gasteiger partial charge in [-0.25, -0.2) is 13.2 Å². The first-order chi connectivity index (χ1) is 16.9. The van der Waals surface area contributed by atoms with Crippen molar-refractivity contribution in [1.29, 1.82) is 0 Å². The van der Waals surface area contributed by atoms with Crippen LogP contribution in [-0.2, 0) is 34.3 Å². The predicted molar refractivity (Wildman–Crippen MR) is 136 cm³/mol. The Hall–Kier alpha value is -2.46. The topological polar surface area (TPSA) is 73.4 Å². The minimum absolute atomic E-state index is 0.0914. The first kappa shape index (κ1) is 25.6. The monoisotopic (exact) mass is 500 g/mol. The molecular formula is C26H36N4O4S. The van der Waals surface area contributed by atoms with Gasteiger partial charge < -0.3 is 14.5 Å². The van der Waals surface area contributed by atoms with E-state index < -0.39 is 10.0 Å². The fourth-order valence-electron chi connectivity index (χ4n) is 4.68. The summed E-state index contributed by atoms with van der Waals surface area (Å²) in [5.74, 6) is 0. The van der Waals surface area contributed by atoms with Gasteiger partial charge in [-0.2, -0.15) is 4.31 Å². The Balaban J connectivity index is 1.36. The van der Waals surface area contributed by atoms with Crippen LogP contribution in [0.4, 0.5) is 4.79 Å². The van der Waals surface area contributed by atoms with E-state index in [1.807, 2.05) is 46.2 Å². The standard InChI is InChI=1S/C26H36N4O4S/c1-3-23-8-4-5-9-24(23)21-27(2)35(32,33)25-10-6-7-22(19-25)20-28-11-13-29(14-12-28)26(31)30-15-17-34-18-16-30/h4-10,19H,3,11-18,20-21H2,1-2H3. The van der Waals surface area contributed by atoms with Gasteiger partial charge in [0.1, 0.15) is 0 Å². The summed E-state index contributed by atoms with van der Waals surface area (Å²) in [6.45, 7) is 8.47. The lowest BCUT2D eigenvalue weighted by Gasteiger charge is -2.38. The number of carbonyl (C=O) groups is 1. The second-order valence-corrected chi connectivity index (χ2v) is 11.2. The summed E-state index contributed by atoms with van der Waals surface area (Å²) in [7, 11) is -1.97. The van der Waals surface area contributed by atoms with Crippen LogP contribution in [0.1, 0.15) is 23.6 Å². The summed E-state index contributed by atoms with van der Waals surface area (Å²) < 4.78 is 33.4. The van der Waals surface area contributed by atoms with Crippen LogP contribution < -0.4 is 0 Å². The second-order valence-electron chi connectivity index (χ2n) is 9.18. The van der Waals surface area contributed by atoms with E-state index in [0.717, 1.165) is 36.2 Å². The van der Waals surface area contributed by atoms with Gasteiger partial charge in [0.2, 0.25) is 10.0 Å². The molecule has 2 aliphatic rings. The number of aryl methyl sites for hydroxylation is 1.